The molecule has 22 heavy (non-hydrogen) atoms. The SMILES string of the molecule is CCCCNC(=O)Nc1ccc(S(=O)(=O)SC(F)(F)F)cc1. The molecule has 0 unspecified atom stereocenters. The van der Waals surface area contributed by atoms with Crippen molar-refractivity contribution < 1.29 is 26.4 Å². The molecule has 0 radical (unpaired) electrons. The maximum absolute atomic E-state index is 12.2. The molecular formula is C12H15F3N2O3S2. The monoisotopic (exact) mass is 356 g/mol. The fourth-order valence-corrected chi connectivity index (χ4v) is 3.61. The molecule has 0 atom stereocenters. The molecule has 0 heterocycles. The van der Waals surface area contributed by atoms with E-state index < -0.39 is 36.1 Å². The van der Waals surface area contributed by atoms with E-state index in [0.29, 0.717) is 6.54 Å². The minimum atomic E-state index is -4.88. The van der Waals surface area contributed by atoms with Crippen molar-refractivity contribution in [3.05, 3.63) is 24.3 Å². The van der Waals surface area contributed by atoms with Gasteiger partial charge in [-0.15, -0.1) is 0 Å². The minimum Gasteiger partial charge on any atom is -0.338 e. The van der Waals surface area contributed by atoms with E-state index in [-0.39, 0.29) is 5.69 Å². The number of carbonyl (C=O) groups excluding carboxylic acids is 1. The first-order valence-electron chi connectivity index (χ1n) is 6.31. The molecule has 0 aliphatic rings. The number of carbonyl (C=O) groups is 1. The molecule has 1 aromatic carbocycles. The van der Waals surface area contributed by atoms with E-state index in [1.54, 1.807) is 0 Å². The van der Waals surface area contributed by atoms with Crippen LogP contribution in [0.2, 0.25) is 0 Å². The van der Waals surface area contributed by atoms with Gasteiger partial charge in [-0.25, -0.2) is 13.2 Å². The number of alkyl halides is 3. The summed E-state index contributed by atoms with van der Waals surface area (Å²) < 4.78 is 59.5. The van der Waals surface area contributed by atoms with Gasteiger partial charge in [-0.1, -0.05) is 13.3 Å². The molecule has 10 heteroatoms. The van der Waals surface area contributed by atoms with Crippen molar-refractivity contribution in [3.8, 4) is 0 Å². The first-order valence-corrected chi connectivity index (χ1v) is 9.13. The second kappa shape index (κ2) is 7.73. The summed E-state index contributed by atoms with van der Waals surface area (Å²) in [6.45, 7) is 2.47. The minimum absolute atomic E-state index is 0.282. The van der Waals surface area contributed by atoms with Gasteiger partial charge in [0, 0.05) is 12.2 Å². The van der Waals surface area contributed by atoms with Crippen molar-refractivity contribution in [1.29, 1.82) is 0 Å². The fraction of sp³-hybridized carbons (Fsp3) is 0.417. The van der Waals surface area contributed by atoms with Crippen molar-refractivity contribution in [2.24, 2.45) is 0 Å². The maximum Gasteiger partial charge on any atom is 0.456 e. The Hall–Kier alpha value is -1.42. The van der Waals surface area contributed by atoms with E-state index >= 15 is 0 Å². The molecule has 5 nitrogen and oxygen atoms in total. The number of hydrogen-bond donors (Lipinski definition) is 2. The molecule has 0 saturated heterocycles. The van der Waals surface area contributed by atoms with Gasteiger partial charge in [0.1, 0.15) is 0 Å². The number of unbranched alkanes of at least 4 members (excludes halogenated alkanes) is 1. The molecule has 0 bridgehead atoms. The fourth-order valence-electron chi connectivity index (χ4n) is 1.43. The number of amides is 2. The van der Waals surface area contributed by atoms with Crippen LogP contribution in [0.5, 0.6) is 0 Å². The van der Waals surface area contributed by atoms with Crippen molar-refractivity contribution in [3.63, 3.8) is 0 Å². The van der Waals surface area contributed by atoms with E-state index in [0.717, 1.165) is 25.0 Å². The topological polar surface area (TPSA) is 75.3 Å². The standard InChI is InChI=1S/C12H15F3N2O3S2/c1-2-3-8-16-11(18)17-9-4-6-10(7-5-9)22(19,20)21-12(13,14)15/h4-7H,2-3,8H2,1H3,(H2,16,17,18). The number of rotatable bonds is 6. The van der Waals surface area contributed by atoms with Crippen LogP contribution in [0.25, 0.3) is 0 Å². The highest BCUT2D eigenvalue weighted by atomic mass is 33.1. The van der Waals surface area contributed by atoms with Gasteiger partial charge in [0.25, 0.3) is 0 Å². The molecule has 2 N–H and O–H groups in total. The lowest BCUT2D eigenvalue weighted by Gasteiger charge is -2.09. The summed E-state index contributed by atoms with van der Waals surface area (Å²) in [7, 11) is -5.60. The summed E-state index contributed by atoms with van der Waals surface area (Å²) in [6, 6.07) is 4.01. The summed E-state index contributed by atoms with van der Waals surface area (Å²) in [5.41, 5.74) is -4.60. The molecule has 2 amide bonds. The van der Waals surface area contributed by atoms with Gasteiger partial charge in [-0.3, -0.25) is 0 Å². The van der Waals surface area contributed by atoms with Gasteiger partial charge in [0.2, 0.25) is 8.87 Å². The molecule has 0 spiro atoms. The maximum atomic E-state index is 12.2. The van der Waals surface area contributed by atoms with Gasteiger partial charge in [-0.2, -0.15) is 13.2 Å². The largest absolute Gasteiger partial charge is 0.456 e. The van der Waals surface area contributed by atoms with Crippen LogP contribution in [0, 0.1) is 0 Å². The van der Waals surface area contributed by atoms with Crippen LogP contribution in [0.4, 0.5) is 23.7 Å². The van der Waals surface area contributed by atoms with Crippen LogP contribution >= 0.6 is 10.8 Å². The van der Waals surface area contributed by atoms with Crippen molar-refractivity contribution in [2.75, 3.05) is 11.9 Å². The van der Waals surface area contributed by atoms with Crippen LogP contribution in [0.1, 0.15) is 19.8 Å². The summed E-state index contributed by atoms with van der Waals surface area (Å²) >= 11 is 0. The molecule has 1 aromatic rings. The highest BCUT2D eigenvalue weighted by Gasteiger charge is 2.37. The smallest absolute Gasteiger partial charge is 0.338 e. The van der Waals surface area contributed by atoms with Crippen molar-refractivity contribution in [1.82, 2.24) is 5.32 Å². The number of halogens is 3. The highest BCUT2D eigenvalue weighted by molar-refractivity contribution is 8.72. The zero-order valence-electron chi connectivity index (χ0n) is 11.6. The molecule has 0 aromatic heterocycles. The summed E-state index contributed by atoms with van der Waals surface area (Å²) in [6.07, 6.45) is 1.74. The predicted octanol–water partition coefficient (Wildman–Crippen LogP) is 3.55. The summed E-state index contributed by atoms with van der Waals surface area (Å²) in [5.74, 6) is 0. The average Bonchev–Trinajstić information content (AvgIpc) is 2.37. The zero-order valence-corrected chi connectivity index (χ0v) is 13.2. The molecule has 124 valence electrons. The highest BCUT2D eigenvalue weighted by Crippen LogP contribution is 2.38. The second-order valence-electron chi connectivity index (χ2n) is 4.24. The Morgan fingerprint density at radius 3 is 2.32 bits per heavy atom. The van der Waals surface area contributed by atoms with Gasteiger partial charge in [0.15, 0.2) is 0 Å². The summed E-state index contributed by atoms with van der Waals surface area (Å²) in [4.78, 5) is 11.0. The van der Waals surface area contributed by atoms with E-state index in [2.05, 4.69) is 10.6 Å². The lowest BCUT2D eigenvalue weighted by molar-refractivity contribution is -0.0312. The Labute approximate surface area is 130 Å². The second-order valence-corrected chi connectivity index (χ2v) is 8.07. The zero-order chi connectivity index (χ0) is 16.8. The van der Waals surface area contributed by atoms with Crippen LogP contribution in [-0.2, 0) is 8.87 Å². The van der Waals surface area contributed by atoms with E-state index in [9.17, 15) is 26.4 Å². The number of urea groups is 1. The third-order valence-electron chi connectivity index (χ3n) is 2.42. The quantitative estimate of drug-likeness (QED) is 0.604. The number of nitrogens with one attached hydrogen (secondary N) is 2. The number of benzene rings is 1. The molecular weight excluding hydrogens is 341 g/mol. The Morgan fingerprint density at radius 2 is 1.82 bits per heavy atom. The van der Waals surface area contributed by atoms with Crippen LogP contribution in [-0.4, -0.2) is 26.5 Å². The summed E-state index contributed by atoms with van der Waals surface area (Å²) in [5, 5.41) is 5.04. The first-order chi connectivity index (χ1) is 10.1. The number of hydrogen-bond acceptors (Lipinski definition) is 4. The Morgan fingerprint density at radius 1 is 1.23 bits per heavy atom. The van der Waals surface area contributed by atoms with E-state index in [1.807, 2.05) is 6.92 Å². The molecule has 0 fully saturated rings. The lowest BCUT2D eigenvalue weighted by atomic mass is 10.3. The van der Waals surface area contributed by atoms with Crippen molar-refractivity contribution >= 4 is 31.4 Å². The van der Waals surface area contributed by atoms with Gasteiger partial charge in [0.05, 0.1) is 15.7 Å². The van der Waals surface area contributed by atoms with Crippen LogP contribution < -0.4 is 10.6 Å². The van der Waals surface area contributed by atoms with Gasteiger partial charge < -0.3 is 10.6 Å². The van der Waals surface area contributed by atoms with Gasteiger partial charge in [-0.05, 0) is 30.7 Å². The van der Waals surface area contributed by atoms with Gasteiger partial charge >= 0.3 is 11.5 Å². The Kier molecular flexibility index (Phi) is 6.54. The van der Waals surface area contributed by atoms with E-state index in [4.69, 9.17) is 0 Å². The normalized spacial score (nSPS) is 12.0. The first kappa shape index (κ1) is 18.6. The Bertz CT molecular complexity index is 601. The Balaban J connectivity index is 2.69. The number of anilines is 1. The molecule has 1 rings (SSSR count). The van der Waals surface area contributed by atoms with E-state index in [1.165, 1.54) is 12.1 Å². The van der Waals surface area contributed by atoms with Crippen LogP contribution in [0.3, 0.4) is 0 Å². The third kappa shape index (κ3) is 6.56. The molecule has 0 aliphatic carbocycles. The van der Waals surface area contributed by atoms with Crippen LogP contribution in [0.15, 0.2) is 29.2 Å². The molecule has 0 saturated carbocycles. The molecule has 0 aliphatic heterocycles. The lowest BCUT2D eigenvalue weighted by Crippen LogP contribution is -2.29. The third-order valence-corrected chi connectivity index (χ3v) is 5.48. The predicted molar refractivity (Wildman–Crippen MR) is 79.2 cm³/mol. The average molecular weight is 356 g/mol. The van der Waals surface area contributed by atoms with Crippen molar-refractivity contribution in [2.45, 2.75) is 30.2 Å².